The summed E-state index contributed by atoms with van der Waals surface area (Å²) in [6.07, 6.45) is 4.17. The first-order valence-electron chi connectivity index (χ1n) is 5.32. The summed E-state index contributed by atoms with van der Waals surface area (Å²) in [7, 11) is 2.05. The van der Waals surface area contributed by atoms with Crippen LogP contribution in [0.5, 0.6) is 0 Å². The molecule has 0 fully saturated rings. The fourth-order valence-corrected chi connectivity index (χ4v) is 1.81. The van der Waals surface area contributed by atoms with Crippen LogP contribution >= 0.6 is 11.6 Å². The van der Waals surface area contributed by atoms with Crippen molar-refractivity contribution in [2.45, 2.75) is 12.8 Å². The van der Waals surface area contributed by atoms with Crippen LogP contribution in [-0.2, 0) is 0 Å². The SMILES string of the molecule is CN1C=C(N=Nc2cccc(Cl)c2)CCC1. The number of rotatable bonds is 2. The van der Waals surface area contributed by atoms with Gasteiger partial charge in [0.15, 0.2) is 0 Å². The first-order valence-corrected chi connectivity index (χ1v) is 5.70. The maximum absolute atomic E-state index is 5.87. The summed E-state index contributed by atoms with van der Waals surface area (Å²) in [4.78, 5) is 2.13. The highest BCUT2D eigenvalue weighted by Gasteiger charge is 2.05. The monoisotopic (exact) mass is 235 g/mol. The van der Waals surface area contributed by atoms with E-state index < -0.39 is 0 Å². The van der Waals surface area contributed by atoms with E-state index in [0.29, 0.717) is 5.02 Å². The Morgan fingerprint density at radius 2 is 2.19 bits per heavy atom. The second kappa shape index (κ2) is 5.12. The minimum Gasteiger partial charge on any atom is -0.379 e. The van der Waals surface area contributed by atoms with Gasteiger partial charge in [0.1, 0.15) is 0 Å². The molecule has 1 aromatic carbocycles. The molecule has 0 N–H and O–H groups in total. The Hall–Kier alpha value is -1.35. The first-order chi connectivity index (χ1) is 7.74. The number of hydrogen-bond donors (Lipinski definition) is 0. The molecule has 1 aliphatic rings. The van der Waals surface area contributed by atoms with Gasteiger partial charge in [-0.05, 0) is 31.0 Å². The Morgan fingerprint density at radius 1 is 1.31 bits per heavy atom. The molecule has 1 heterocycles. The fourth-order valence-electron chi connectivity index (χ4n) is 1.63. The zero-order chi connectivity index (χ0) is 11.4. The van der Waals surface area contributed by atoms with Gasteiger partial charge in [-0.25, -0.2) is 0 Å². The average Bonchev–Trinajstić information content (AvgIpc) is 2.27. The van der Waals surface area contributed by atoms with Gasteiger partial charge in [0.05, 0.1) is 11.4 Å². The van der Waals surface area contributed by atoms with E-state index in [1.165, 1.54) is 0 Å². The molecule has 0 atom stereocenters. The lowest BCUT2D eigenvalue weighted by Crippen LogP contribution is -2.16. The molecular weight excluding hydrogens is 222 g/mol. The number of halogens is 1. The second-order valence-electron chi connectivity index (χ2n) is 3.88. The second-order valence-corrected chi connectivity index (χ2v) is 4.32. The van der Waals surface area contributed by atoms with Gasteiger partial charge < -0.3 is 4.90 Å². The Balaban J connectivity index is 2.09. The lowest BCUT2D eigenvalue weighted by Gasteiger charge is -2.19. The van der Waals surface area contributed by atoms with E-state index in [2.05, 4.69) is 15.1 Å². The summed E-state index contributed by atoms with van der Waals surface area (Å²) >= 11 is 5.87. The van der Waals surface area contributed by atoms with Crippen molar-refractivity contribution in [1.29, 1.82) is 0 Å². The van der Waals surface area contributed by atoms with Crippen LogP contribution in [0.4, 0.5) is 5.69 Å². The number of nitrogens with zero attached hydrogens (tertiary/aromatic N) is 3. The molecule has 2 rings (SSSR count). The standard InChI is InChI=1S/C12H14ClN3/c1-16-7-3-6-12(9-16)15-14-11-5-2-4-10(13)8-11/h2,4-5,8-9H,3,6-7H2,1H3. The highest BCUT2D eigenvalue weighted by molar-refractivity contribution is 6.30. The zero-order valence-corrected chi connectivity index (χ0v) is 9.98. The van der Waals surface area contributed by atoms with Crippen molar-refractivity contribution in [3.05, 3.63) is 41.2 Å². The summed E-state index contributed by atoms with van der Waals surface area (Å²) < 4.78 is 0. The third-order valence-electron chi connectivity index (χ3n) is 2.42. The van der Waals surface area contributed by atoms with Crippen molar-refractivity contribution >= 4 is 17.3 Å². The van der Waals surface area contributed by atoms with Crippen LogP contribution in [0.15, 0.2) is 46.4 Å². The van der Waals surface area contributed by atoms with Gasteiger partial charge in [-0.3, -0.25) is 0 Å². The van der Waals surface area contributed by atoms with Gasteiger partial charge in [-0.2, -0.15) is 10.2 Å². The molecule has 0 radical (unpaired) electrons. The molecule has 0 aliphatic carbocycles. The van der Waals surface area contributed by atoms with Crippen LogP contribution in [0.2, 0.25) is 5.02 Å². The number of allylic oxidation sites excluding steroid dienone is 1. The first kappa shape index (κ1) is 11.1. The number of benzene rings is 1. The molecule has 84 valence electrons. The van der Waals surface area contributed by atoms with Crippen LogP contribution in [0.1, 0.15) is 12.8 Å². The van der Waals surface area contributed by atoms with E-state index in [1.54, 1.807) is 6.07 Å². The Morgan fingerprint density at radius 3 is 2.94 bits per heavy atom. The van der Waals surface area contributed by atoms with Gasteiger partial charge >= 0.3 is 0 Å². The van der Waals surface area contributed by atoms with E-state index in [-0.39, 0.29) is 0 Å². The minimum absolute atomic E-state index is 0.686. The molecule has 0 amide bonds. The Bertz CT molecular complexity index is 426. The lowest BCUT2D eigenvalue weighted by molar-refractivity contribution is 0.414. The number of azo groups is 1. The highest BCUT2D eigenvalue weighted by atomic mass is 35.5. The van der Waals surface area contributed by atoms with E-state index >= 15 is 0 Å². The van der Waals surface area contributed by atoms with Crippen LogP contribution in [0, 0.1) is 0 Å². The molecule has 0 saturated heterocycles. The van der Waals surface area contributed by atoms with Crippen molar-refractivity contribution in [1.82, 2.24) is 4.90 Å². The molecule has 4 heteroatoms. The maximum Gasteiger partial charge on any atom is 0.0871 e. The molecule has 1 aliphatic heterocycles. The van der Waals surface area contributed by atoms with Gasteiger partial charge in [0.2, 0.25) is 0 Å². The van der Waals surface area contributed by atoms with Crippen LogP contribution in [0.25, 0.3) is 0 Å². The van der Waals surface area contributed by atoms with Crippen molar-refractivity contribution in [3.8, 4) is 0 Å². The van der Waals surface area contributed by atoms with Gasteiger partial charge in [0, 0.05) is 24.8 Å². The summed E-state index contributed by atoms with van der Waals surface area (Å²) in [6, 6.07) is 7.40. The zero-order valence-electron chi connectivity index (χ0n) is 9.23. The number of hydrogen-bond acceptors (Lipinski definition) is 3. The molecule has 0 aromatic heterocycles. The van der Waals surface area contributed by atoms with Crippen molar-refractivity contribution in [2.75, 3.05) is 13.6 Å². The Kier molecular flexibility index (Phi) is 3.57. The molecule has 0 unspecified atom stereocenters. The summed E-state index contributed by atoms with van der Waals surface area (Å²) in [6.45, 7) is 1.09. The van der Waals surface area contributed by atoms with Gasteiger partial charge in [-0.15, -0.1) is 0 Å². The minimum atomic E-state index is 0.686. The summed E-state index contributed by atoms with van der Waals surface area (Å²) in [5.74, 6) is 0. The summed E-state index contributed by atoms with van der Waals surface area (Å²) in [5, 5.41) is 9.09. The van der Waals surface area contributed by atoms with Gasteiger partial charge in [-0.1, -0.05) is 17.7 Å². The predicted molar refractivity (Wildman–Crippen MR) is 65.9 cm³/mol. The van der Waals surface area contributed by atoms with Crippen LogP contribution < -0.4 is 0 Å². The third-order valence-corrected chi connectivity index (χ3v) is 2.65. The molecule has 1 aromatic rings. The van der Waals surface area contributed by atoms with Crippen molar-refractivity contribution < 1.29 is 0 Å². The molecule has 0 saturated carbocycles. The van der Waals surface area contributed by atoms with Crippen LogP contribution in [-0.4, -0.2) is 18.5 Å². The molecular formula is C12H14ClN3. The molecule has 3 nitrogen and oxygen atoms in total. The topological polar surface area (TPSA) is 28.0 Å². The predicted octanol–water partition coefficient (Wildman–Crippen LogP) is 3.99. The fraction of sp³-hybridized carbons (Fsp3) is 0.333. The van der Waals surface area contributed by atoms with E-state index in [1.807, 2.05) is 31.4 Å². The van der Waals surface area contributed by atoms with Crippen molar-refractivity contribution in [3.63, 3.8) is 0 Å². The summed E-state index contributed by atoms with van der Waals surface area (Å²) in [5.41, 5.74) is 1.82. The van der Waals surface area contributed by atoms with Crippen LogP contribution in [0.3, 0.4) is 0 Å². The molecule has 0 bridgehead atoms. The van der Waals surface area contributed by atoms with E-state index in [9.17, 15) is 0 Å². The normalized spacial score (nSPS) is 16.6. The molecule has 0 spiro atoms. The third kappa shape index (κ3) is 3.07. The highest BCUT2D eigenvalue weighted by Crippen LogP contribution is 2.21. The van der Waals surface area contributed by atoms with Crippen molar-refractivity contribution in [2.24, 2.45) is 10.2 Å². The Labute approximate surface area is 100 Å². The quantitative estimate of drug-likeness (QED) is 0.713. The largest absolute Gasteiger partial charge is 0.379 e. The lowest BCUT2D eigenvalue weighted by atomic mass is 10.2. The maximum atomic E-state index is 5.87. The smallest absolute Gasteiger partial charge is 0.0871 e. The van der Waals surface area contributed by atoms with E-state index in [4.69, 9.17) is 11.6 Å². The van der Waals surface area contributed by atoms with Gasteiger partial charge in [0.25, 0.3) is 0 Å². The van der Waals surface area contributed by atoms with E-state index in [0.717, 1.165) is 30.8 Å². The average molecular weight is 236 g/mol. The molecule has 16 heavy (non-hydrogen) atoms.